The first-order valence-corrected chi connectivity index (χ1v) is 3.29. The number of alkyl halides is 6. The van der Waals surface area contributed by atoms with Crippen molar-refractivity contribution in [2.24, 2.45) is 0 Å². The fourth-order valence-corrected chi connectivity index (χ4v) is 0.778. The quantitative estimate of drug-likeness (QED) is 0.434. The Hall–Kier alpha value is 0.410. The zero-order valence-electron chi connectivity index (χ0n) is 4.18. The minimum atomic E-state index is -4.48. The highest BCUT2D eigenvalue weighted by molar-refractivity contribution is 14.1. The van der Waals surface area contributed by atoms with E-state index >= 15 is 0 Å². The van der Waals surface area contributed by atoms with Gasteiger partial charge in [-0.15, -0.1) is 0 Å². The van der Waals surface area contributed by atoms with E-state index in [0.29, 0.717) is 0 Å². The Morgan fingerprint density at radius 3 is 1.60 bits per heavy atom. The number of carbonyl (C=O) groups is 1. The lowest BCUT2D eigenvalue weighted by Crippen LogP contribution is -2.34. The summed E-state index contributed by atoms with van der Waals surface area (Å²) in [6.45, 7) is 0. The van der Waals surface area contributed by atoms with Crippen LogP contribution in [0, 0.1) is 0 Å². The third-order valence-electron chi connectivity index (χ3n) is 0.515. The van der Waals surface area contributed by atoms with E-state index in [1.807, 2.05) is 0 Å². The standard InChI is InChI=1S/C3ClF4IO/c4-2(5,6)1(10)3(7,8)9. The van der Waals surface area contributed by atoms with Gasteiger partial charge in [-0.3, -0.25) is 4.79 Å². The molecule has 0 fully saturated rings. The maximum Gasteiger partial charge on any atom is 0.387 e. The normalized spacial score (nSPS) is 13.4. The first-order chi connectivity index (χ1) is 4.15. The predicted molar refractivity (Wildman–Crippen MR) is 34.8 cm³/mol. The Labute approximate surface area is 71.9 Å². The third-order valence-corrected chi connectivity index (χ3v) is 1.18. The summed E-state index contributed by atoms with van der Waals surface area (Å²) in [5.74, 6) is -2.60. The molecule has 0 radical (unpaired) electrons. The van der Waals surface area contributed by atoms with Crippen LogP contribution in [0.5, 0.6) is 0 Å². The molecule has 10 heavy (non-hydrogen) atoms. The summed E-state index contributed by atoms with van der Waals surface area (Å²) in [4.78, 5) is 9.85. The lowest BCUT2D eigenvalue weighted by molar-refractivity contribution is -0.146. The molecule has 0 heterocycles. The summed E-state index contributed by atoms with van der Waals surface area (Å²) in [5, 5.41) is -4.48. The van der Waals surface area contributed by atoms with Gasteiger partial charge >= 0.3 is 9.31 Å². The lowest BCUT2D eigenvalue weighted by Gasteiger charge is -2.09. The minimum Gasteiger partial charge on any atom is -0.284 e. The van der Waals surface area contributed by atoms with Crippen LogP contribution in [0.15, 0.2) is 0 Å². The van der Waals surface area contributed by atoms with E-state index in [1.165, 1.54) is 0 Å². The van der Waals surface area contributed by atoms with Gasteiger partial charge in [-0.2, -0.15) is 17.6 Å². The molecule has 7 heteroatoms. The highest BCUT2D eigenvalue weighted by atomic mass is 127. The molecule has 0 amide bonds. The van der Waals surface area contributed by atoms with E-state index in [-0.39, 0.29) is 22.6 Å². The number of ketones is 1. The molecule has 0 N–H and O–H groups in total. The zero-order chi connectivity index (χ0) is 8.58. The van der Waals surface area contributed by atoms with E-state index in [2.05, 4.69) is 11.6 Å². The van der Waals surface area contributed by atoms with Crippen molar-refractivity contribution in [2.45, 2.75) is 9.31 Å². The van der Waals surface area contributed by atoms with E-state index in [0.717, 1.165) is 0 Å². The highest BCUT2D eigenvalue weighted by Gasteiger charge is 2.51. The monoisotopic (exact) mass is 290 g/mol. The number of carbonyl (C=O) groups excluding carboxylic acids is 1. The number of hydrogen-bond acceptors (Lipinski definition) is 1. The molecular formula is C3ClF4IO. The Bertz CT molecular complexity index is 132. The summed E-state index contributed by atoms with van der Waals surface area (Å²) in [7, 11) is 0. The molecule has 0 spiro atoms. The second kappa shape index (κ2) is 2.80. The van der Waals surface area contributed by atoms with Gasteiger partial charge in [-0.25, -0.2) is 0 Å². The molecule has 0 saturated heterocycles. The van der Waals surface area contributed by atoms with Crippen molar-refractivity contribution in [3.63, 3.8) is 0 Å². The molecule has 60 valence electrons. The van der Waals surface area contributed by atoms with E-state index in [4.69, 9.17) is 0 Å². The third kappa shape index (κ3) is 3.00. The van der Waals surface area contributed by atoms with Crippen molar-refractivity contribution in [3.05, 3.63) is 0 Å². The number of halogens is 6. The fourth-order valence-electron chi connectivity index (χ4n) is 0.161. The van der Waals surface area contributed by atoms with Gasteiger partial charge in [-0.05, 0) is 11.6 Å². The summed E-state index contributed by atoms with van der Waals surface area (Å²) in [6, 6.07) is 0. The second-order valence-electron chi connectivity index (χ2n) is 1.32. The van der Waals surface area contributed by atoms with Crippen molar-refractivity contribution < 1.29 is 22.4 Å². The van der Waals surface area contributed by atoms with Crippen LogP contribution in [0.1, 0.15) is 0 Å². The SMILES string of the molecule is O=C(C(F)(F)Cl)C(F)(F)I. The summed E-state index contributed by atoms with van der Waals surface area (Å²) < 4.78 is 42.3. The Balaban J connectivity index is 4.40. The molecule has 0 aromatic heterocycles. The highest BCUT2D eigenvalue weighted by Crippen LogP contribution is 2.33. The lowest BCUT2D eigenvalue weighted by atomic mass is 10.4. The molecule has 1 nitrogen and oxygen atoms in total. The van der Waals surface area contributed by atoms with Crippen LogP contribution in [0.2, 0.25) is 0 Å². The van der Waals surface area contributed by atoms with Gasteiger partial charge in [0.1, 0.15) is 0 Å². The minimum absolute atomic E-state index is 0.281. The van der Waals surface area contributed by atoms with Crippen LogP contribution in [-0.2, 0) is 4.79 Å². The topological polar surface area (TPSA) is 17.1 Å². The van der Waals surface area contributed by atoms with Crippen LogP contribution in [0.3, 0.4) is 0 Å². The van der Waals surface area contributed by atoms with Gasteiger partial charge in [0, 0.05) is 22.6 Å². The van der Waals surface area contributed by atoms with Crippen LogP contribution < -0.4 is 0 Å². The molecular weight excluding hydrogens is 290 g/mol. The fraction of sp³-hybridized carbons (Fsp3) is 0.667. The first kappa shape index (κ1) is 10.4. The summed E-state index contributed by atoms with van der Waals surface area (Å²) in [6.07, 6.45) is 0. The van der Waals surface area contributed by atoms with Gasteiger partial charge in [0.15, 0.2) is 0 Å². The van der Waals surface area contributed by atoms with Gasteiger partial charge in [0.05, 0.1) is 0 Å². The summed E-state index contributed by atoms with van der Waals surface area (Å²) >= 11 is 4.28. The number of Topliss-reactive ketones (excluding diaryl/α,β-unsaturated/α-hetero) is 1. The van der Waals surface area contributed by atoms with E-state index < -0.39 is 15.1 Å². The Morgan fingerprint density at radius 2 is 1.60 bits per heavy atom. The molecule has 0 aromatic rings. The average molecular weight is 290 g/mol. The number of hydrogen-bond donors (Lipinski definition) is 0. The molecule has 0 bridgehead atoms. The largest absolute Gasteiger partial charge is 0.387 e. The van der Waals surface area contributed by atoms with Crippen molar-refractivity contribution >= 4 is 40.0 Å². The maximum atomic E-state index is 11.7. The van der Waals surface area contributed by atoms with E-state index in [1.54, 1.807) is 0 Å². The predicted octanol–water partition coefficient (Wildman–Crippen LogP) is 2.41. The first-order valence-electron chi connectivity index (χ1n) is 1.84. The molecule has 0 saturated carbocycles. The van der Waals surface area contributed by atoms with Crippen LogP contribution >= 0.6 is 34.2 Å². The smallest absolute Gasteiger partial charge is 0.284 e. The van der Waals surface area contributed by atoms with Crippen molar-refractivity contribution in [3.8, 4) is 0 Å². The van der Waals surface area contributed by atoms with Crippen molar-refractivity contribution in [1.82, 2.24) is 0 Å². The number of rotatable bonds is 2. The average Bonchev–Trinajstić information content (AvgIpc) is 1.59. The maximum absolute atomic E-state index is 11.7. The van der Waals surface area contributed by atoms with Gasteiger partial charge in [-0.1, -0.05) is 0 Å². The van der Waals surface area contributed by atoms with Gasteiger partial charge in [0.25, 0.3) is 5.78 Å². The molecule has 0 aliphatic carbocycles. The molecule has 0 aliphatic heterocycles. The van der Waals surface area contributed by atoms with Gasteiger partial charge < -0.3 is 0 Å². The van der Waals surface area contributed by atoms with Gasteiger partial charge in [0.2, 0.25) is 0 Å². The molecule has 0 unspecified atom stereocenters. The Kier molecular flexibility index (Phi) is 2.92. The summed E-state index contributed by atoms with van der Waals surface area (Å²) in [5.41, 5.74) is 0. The van der Waals surface area contributed by atoms with Crippen LogP contribution in [0.4, 0.5) is 17.6 Å². The second-order valence-corrected chi connectivity index (χ2v) is 3.15. The van der Waals surface area contributed by atoms with Crippen LogP contribution in [-0.4, -0.2) is 15.1 Å². The molecule has 0 atom stereocenters. The molecule has 0 aromatic carbocycles. The van der Waals surface area contributed by atoms with E-state index in [9.17, 15) is 22.4 Å². The zero-order valence-corrected chi connectivity index (χ0v) is 7.09. The Morgan fingerprint density at radius 1 is 1.30 bits per heavy atom. The van der Waals surface area contributed by atoms with Crippen molar-refractivity contribution in [1.29, 1.82) is 0 Å². The van der Waals surface area contributed by atoms with Crippen molar-refractivity contribution in [2.75, 3.05) is 0 Å². The molecule has 0 aliphatic rings. The molecule has 0 rings (SSSR count). The van der Waals surface area contributed by atoms with Crippen LogP contribution in [0.25, 0.3) is 0 Å².